The highest BCUT2D eigenvalue weighted by molar-refractivity contribution is 6.30. The van der Waals surface area contributed by atoms with Crippen molar-refractivity contribution in [2.45, 2.75) is 26.0 Å². The fourth-order valence-electron chi connectivity index (χ4n) is 2.82. The Morgan fingerprint density at radius 1 is 1.17 bits per heavy atom. The summed E-state index contributed by atoms with van der Waals surface area (Å²) in [5.41, 5.74) is -0.834. The Labute approximate surface area is 178 Å². The number of hydrogen-bond donors (Lipinski definition) is 1. The van der Waals surface area contributed by atoms with E-state index in [-0.39, 0.29) is 30.5 Å². The fourth-order valence-corrected chi connectivity index (χ4v) is 2.94. The van der Waals surface area contributed by atoms with E-state index < -0.39 is 5.60 Å². The van der Waals surface area contributed by atoms with Gasteiger partial charge in [0.25, 0.3) is 5.91 Å². The summed E-state index contributed by atoms with van der Waals surface area (Å²) in [6, 6.07) is 12.4. The summed E-state index contributed by atoms with van der Waals surface area (Å²) in [4.78, 5) is 24.9. The van der Waals surface area contributed by atoms with Crippen molar-refractivity contribution in [3.8, 4) is 17.1 Å². The Kier molecular flexibility index (Phi) is 6.26. The first-order valence-corrected chi connectivity index (χ1v) is 9.68. The number of halogens is 2. The number of amides is 1. The molecule has 1 amide bonds. The summed E-state index contributed by atoms with van der Waals surface area (Å²) in [7, 11) is 1.59. The number of nitrogens with one attached hydrogen (secondary N) is 1. The molecule has 0 aliphatic heterocycles. The maximum absolute atomic E-state index is 13.1. The van der Waals surface area contributed by atoms with E-state index in [1.807, 2.05) is 0 Å². The van der Waals surface area contributed by atoms with E-state index in [2.05, 4.69) is 10.4 Å². The van der Waals surface area contributed by atoms with Crippen molar-refractivity contribution in [1.29, 1.82) is 0 Å². The van der Waals surface area contributed by atoms with E-state index in [4.69, 9.17) is 16.3 Å². The monoisotopic (exact) mass is 432 g/mol. The largest absolute Gasteiger partial charge is 0.478 e. The van der Waals surface area contributed by atoms with Gasteiger partial charge >= 0.3 is 5.69 Å². The number of hydrogen-bond acceptors (Lipinski definition) is 4. The highest BCUT2D eigenvalue weighted by atomic mass is 35.5. The van der Waals surface area contributed by atoms with Gasteiger partial charge < -0.3 is 10.1 Å². The van der Waals surface area contributed by atoms with E-state index in [9.17, 15) is 14.0 Å². The molecule has 0 bridgehead atoms. The first-order valence-electron chi connectivity index (χ1n) is 9.30. The summed E-state index contributed by atoms with van der Waals surface area (Å²) < 4.78 is 21.5. The molecule has 3 aromatic rings. The molecule has 9 heteroatoms. The number of benzene rings is 2. The van der Waals surface area contributed by atoms with Crippen molar-refractivity contribution in [3.63, 3.8) is 0 Å². The van der Waals surface area contributed by atoms with Gasteiger partial charge in [-0.3, -0.25) is 9.36 Å². The molecule has 30 heavy (non-hydrogen) atoms. The van der Waals surface area contributed by atoms with Crippen molar-refractivity contribution in [1.82, 2.24) is 19.7 Å². The Morgan fingerprint density at radius 2 is 1.80 bits per heavy atom. The van der Waals surface area contributed by atoms with Gasteiger partial charge in [-0.25, -0.2) is 13.9 Å². The number of carbonyl (C=O) groups excluding carboxylic acids is 1. The van der Waals surface area contributed by atoms with Crippen molar-refractivity contribution in [2.75, 3.05) is 6.54 Å². The van der Waals surface area contributed by atoms with Crippen LogP contribution in [-0.2, 0) is 18.4 Å². The number of nitrogens with zero attached hydrogens (tertiary/aromatic N) is 3. The van der Waals surface area contributed by atoms with Crippen LogP contribution in [-0.4, -0.2) is 32.4 Å². The lowest BCUT2D eigenvalue weighted by Gasteiger charge is -2.25. The molecule has 1 N–H and O–H groups in total. The third-order valence-corrected chi connectivity index (χ3v) is 4.74. The summed E-state index contributed by atoms with van der Waals surface area (Å²) in [6.45, 7) is 3.66. The molecule has 158 valence electrons. The van der Waals surface area contributed by atoms with Crippen LogP contribution in [0.15, 0.2) is 53.3 Å². The Morgan fingerprint density at radius 3 is 2.43 bits per heavy atom. The van der Waals surface area contributed by atoms with Crippen molar-refractivity contribution in [3.05, 3.63) is 69.9 Å². The fraction of sp³-hybridized carbons (Fsp3) is 0.286. The second-order valence-corrected chi connectivity index (χ2v) is 7.65. The highest BCUT2D eigenvalue weighted by Crippen LogP contribution is 2.21. The zero-order valence-electron chi connectivity index (χ0n) is 16.9. The molecule has 0 aliphatic rings. The number of ether oxygens (including phenoxy) is 1. The van der Waals surface area contributed by atoms with Crippen LogP contribution in [0.2, 0.25) is 5.02 Å². The predicted molar refractivity (Wildman–Crippen MR) is 112 cm³/mol. The van der Waals surface area contributed by atoms with E-state index in [1.165, 1.54) is 21.4 Å². The van der Waals surface area contributed by atoms with E-state index in [0.29, 0.717) is 22.2 Å². The summed E-state index contributed by atoms with van der Waals surface area (Å²) in [6.07, 6.45) is 0. The van der Waals surface area contributed by atoms with Crippen LogP contribution in [0.5, 0.6) is 5.75 Å². The molecular weight excluding hydrogens is 411 g/mol. The molecule has 1 heterocycles. The van der Waals surface area contributed by atoms with Crippen LogP contribution in [0, 0.1) is 5.82 Å². The van der Waals surface area contributed by atoms with Gasteiger partial charge in [0.05, 0.1) is 6.54 Å². The van der Waals surface area contributed by atoms with E-state index in [0.717, 1.165) is 0 Å². The Bertz CT molecular complexity index is 1090. The van der Waals surface area contributed by atoms with Crippen LogP contribution < -0.4 is 15.7 Å². The molecule has 0 saturated heterocycles. The van der Waals surface area contributed by atoms with Gasteiger partial charge in [-0.1, -0.05) is 11.6 Å². The van der Waals surface area contributed by atoms with Gasteiger partial charge in [0.15, 0.2) is 11.4 Å². The van der Waals surface area contributed by atoms with Crippen molar-refractivity contribution < 1.29 is 13.9 Å². The van der Waals surface area contributed by atoms with Crippen LogP contribution in [0.1, 0.15) is 13.8 Å². The molecule has 0 aliphatic carbocycles. The molecule has 3 rings (SSSR count). The average molecular weight is 433 g/mol. The molecule has 0 spiro atoms. The van der Waals surface area contributed by atoms with Gasteiger partial charge in [-0.05, 0) is 62.4 Å². The lowest BCUT2D eigenvalue weighted by Crippen LogP contribution is -2.47. The maximum Gasteiger partial charge on any atom is 0.345 e. The van der Waals surface area contributed by atoms with Gasteiger partial charge in [0, 0.05) is 24.2 Å². The van der Waals surface area contributed by atoms with Crippen molar-refractivity contribution >= 4 is 17.5 Å². The molecule has 0 atom stereocenters. The maximum atomic E-state index is 13.1. The molecule has 1 aromatic heterocycles. The lowest BCUT2D eigenvalue weighted by atomic mass is 10.1. The molecule has 0 unspecified atom stereocenters. The van der Waals surface area contributed by atoms with E-state index >= 15 is 0 Å². The second kappa shape index (κ2) is 8.71. The van der Waals surface area contributed by atoms with Crippen LogP contribution in [0.4, 0.5) is 4.39 Å². The Hall–Kier alpha value is -3.13. The van der Waals surface area contributed by atoms with Crippen LogP contribution in [0.25, 0.3) is 11.4 Å². The molecule has 0 saturated carbocycles. The first-order chi connectivity index (χ1) is 14.2. The number of rotatable bonds is 7. The van der Waals surface area contributed by atoms with Crippen LogP contribution >= 0.6 is 11.6 Å². The molecular formula is C21H22ClFN4O3. The molecule has 0 fully saturated rings. The summed E-state index contributed by atoms with van der Waals surface area (Å²) >= 11 is 5.86. The van der Waals surface area contributed by atoms with Gasteiger partial charge in [0.2, 0.25) is 0 Å². The lowest BCUT2D eigenvalue weighted by molar-refractivity contribution is -0.134. The topological polar surface area (TPSA) is 78.2 Å². The van der Waals surface area contributed by atoms with Crippen molar-refractivity contribution in [2.24, 2.45) is 7.05 Å². The summed E-state index contributed by atoms with van der Waals surface area (Å²) in [5.74, 6) is 0.233. The minimum Gasteiger partial charge on any atom is -0.478 e. The second-order valence-electron chi connectivity index (χ2n) is 7.22. The minimum atomic E-state index is -1.12. The predicted octanol–water partition coefficient (Wildman–Crippen LogP) is 3.02. The minimum absolute atomic E-state index is 0.177. The average Bonchev–Trinajstić information content (AvgIpc) is 2.99. The third kappa shape index (κ3) is 4.88. The normalized spacial score (nSPS) is 11.4. The Balaban J connectivity index is 1.62. The van der Waals surface area contributed by atoms with Gasteiger partial charge in [-0.15, -0.1) is 5.10 Å². The number of carbonyl (C=O) groups is 1. The van der Waals surface area contributed by atoms with Crippen LogP contribution in [0.3, 0.4) is 0 Å². The standard InChI is InChI=1S/C21H22ClFN4O3/c1-21(2,30-17-10-6-15(22)7-11-17)19(28)24-12-13-27-20(29)26(3)18(25-27)14-4-8-16(23)9-5-14/h4-11H,12-13H2,1-3H3,(H,24,28). The molecule has 0 radical (unpaired) electrons. The quantitative estimate of drug-likeness (QED) is 0.622. The summed E-state index contributed by atoms with van der Waals surface area (Å²) in [5, 5.41) is 7.63. The van der Waals surface area contributed by atoms with Gasteiger partial charge in [-0.2, -0.15) is 0 Å². The zero-order chi connectivity index (χ0) is 21.9. The van der Waals surface area contributed by atoms with E-state index in [1.54, 1.807) is 57.3 Å². The van der Waals surface area contributed by atoms with Gasteiger partial charge in [0.1, 0.15) is 11.6 Å². The third-order valence-electron chi connectivity index (χ3n) is 4.49. The molecule has 2 aromatic carbocycles. The zero-order valence-corrected chi connectivity index (χ0v) is 17.6. The number of aromatic nitrogens is 3. The first kappa shape index (κ1) is 21.6. The SMILES string of the molecule is Cn1c(-c2ccc(F)cc2)nn(CCNC(=O)C(C)(C)Oc2ccc(Cl)cc2)c1=O. The molecule has 7 nitrogen and oxygen atoms in total. The highest BCUT2D eigenvalue weighted by Gasteiger charge is 2.29. The smallest absolute Gasteiger partial charge is 0.345 e.